The Kier molecular flexibility index (Phi) is 5.96. The summed E-state index contributed by atoms with van der Waals surface area (Å²) in [6.07, 6.45) is 2.63. The van der Waals surface area contributed by atoms with Gasteiger partial charge in [0.05, 0.1) is 4.92 Å². The van der Waals surface area contributed by atoms with Crippen molar-refractivity contribution in [3.63, 3.8) is 0 Å². The molecule has 21 heavy (non-hydrogen) atoms. The SMILES string of the molecule is CC(CNCc1ccc(Cl)c([N+](=O)[O-])c1)CN1CCCC1. The molecule has 1 aromatic rings. The number of nitro benzene ring substituents is 1. The summed E-state index contributed by atoms with van der Waals surface area (Å²) in [7, 11) is 0. The van der Waals surface area contributed by atoms with Crippen LogP contribution in [0.2, 0.25) is 5.02 Å². The van der Waals surface area contributed by atoms with E-state index in [1.807, 2.05) is 6.07 Å². The van der Waals surface area contributed by atoms with Crippen LogP contribution in [0.3, 0.4) is 0 Å². The van der Waals surface area contributed by atoms with Crippen molar-refractivity contribution in [2.45, 2.75) is 26.3 Å². The van der Waals surface area contributed by atoms with Crippen molar-refractivity contribution in [1.29, 1.82) is 0 Å². The van der Waals surface area contributed by atoms with Crippen LogP contribution in [0.1, 0.15) is 25.3 Å². The van der Waals surface area contributed by atoms with Crippen LogP contribution in [-0.2, 0) is 6.54 Å². The largest absolute Gasteiger partial charge is 0.312 e. The molecule has 1 unspecified atom stereocenters. The number of benzene rings is 1. The lowest BCUT2D eigenvalue weighted by Gasteiger charge is -2.20. The Morgan fingerprint density at radius 3 is 2.81 bits per heavy atom. The van der Waals surface area contributed by atoms with Crippen molar-refractivity contribution in [3.8, 4) is 0 Å². The molecule has 116 valence electrons. The summed E-state index contributed by atoms with van der Waals surface area (Å²) in [5, 5.41) is 14.4. The van der Waals surface area contributed by atoms with Gasteiger partial charge in [-0.3, -0.25) is 10.1 Å². The minimum Gasteiger partial charge on any atom is -0.312 e. The number of hydrogen-bond acceptors (Lipinski definition) is 4. The van der Waals surface area contributed by atoms with E-state index in [9.17, 15) is 10.1 Å². The van der Waals surface area contributed by atoms with Crippen LogP contribution in [0.25, 0.3) is 0 Å². The molecule has 1 aliphatic heterocycles. The van der Waals surface area contributed by atoms with Crippen LogP contribution < -0.4 is 5.32 Å². The average molecular weight is 312 g/mol. The van der Waals surface area contributed by atoms with Crippen molar-refractivity contribution in [3.05, 3.63) is 38.9 Å². The number of hydrogen-bond donors (Lipinski definition) is 1. The molecule has 1 N–H and O–H groups in total. The Bertz CT molecular complexity index is 490. The van der Waals surface area contributed by atoms with Crippen molar-refractivity contribution >= 4 is 17.3 Å². The van der Waals surface area contributed by atoms with E-state index < -0.39 is 4.92 Å². The van der Waals surface area contributed by atoms with E-state index in [-0.39, 0.29) is 10.7 Å². The predicted octanol–water partition coefficient (Wildman–Crippen LogP) is 3.07. The number of halogens is 1. The molecule has 1 heterocycles. The molecule has 1 aliphatic rings. The number of rotatable bonds is 7. The monoisotopic (exact) mass is 311 g/mol. The summed E-state index contributed by atoms with van der Waals surface area (Å²) < 4.78 is 0. The smallest absolute Gasteiger partial charge is 0.288 e. The van der Waals surface area contributed by atoms with E-state index >= 15 is 0 Å². The van der Waals surface area contributed by atoms with Gasteiger partial charge in [-0.05, 0) is 50.0 Å². The molecule has 2 rings (SSSR count). The lowest BCUT2D eigenvalue weighted by Crippen LogP contribution is -2.31. The molecule has 0 aromatic heterocycles. The van der Waals surface area contributed by atoms with Gasteiger partial charge in [0.15, 0.2) is 0 Å². The zero-order valence-corrected chi connectivity index (χ0v) is 13.1. The molecule has 1 fully saturated rings. The van der Waals surface area contributed by atoms with E-state index in [1.54, 1.807) is 12.1 Å². The Morgan fingerprint density at radius 2 is 2.14 bits per heavy atom. The van der Waals surface area contributed by atoms with Gasteiger partial charge >= 0.3 is 0 Å². The minimum absolute atomic E-state index is 0.0268. The number of nitro groups is 1. The Morgan fingerprint density at radius 1 is 1.43 bits per heavy atom. The summed E-state index contributed by atoms with van der Waals surface area (Å²) in [6.45, 7) is 7.32. The molecule has 0 radical (unpaired) electrons. The zero-order chi connectivity index (χ0) is 15.2. The van der Waals surface area contributed by atoms with Gasteiger partial charge in [0, 0.05) is 19.2 Å². The van der Waals surface area contributed by atoms with Crippen LogP contribution in [0.15, 0.2) is 18.2 Å². The summed E-state index contributed by atoms with van der Waals surface area (Å²) in [4.78, 5) is 12.9. The Hall–Kier alpha value is -1.17. The van der Waals surface area contributed by atoms with Crippen LogP contribution in [0.5, 0.6) is 0 Å². The van der Waals surface area contributed by atoms with Gasteiger partial charge in [-0.25, -0.2) is 0 Å². The van der Waals surface area contributed by atoms with Crippen LogP contribution in [-0.4, -0.2) is 36.0 Å². The van der Waals surface area contributed by atoms with E-state index in [0.29, 0.717) is 12.5 Å². The highest BCUT2D eigenvalue weighted by Crippen LogP contribution is 2.24. The highest BCUT2D eigenvalue weighted by atomic mass is 35.5. The van der Waals surface area contributed by atoms with Crippen molar-refractivity contribution in [2.24, 2.45) is 5.92 Å². The highest BCUT2D eigenvalue weighted by molar-refractivity contribution is 6.32. The lowest BCUT2D eigenvalue weighted by atomic mass is 10.1. The van der Waals surface area contributed by atoms with Crippen molar-refractivity contribution < 1.29 is 4.92 Å². The maximum atomic E-state index is 10.8. The summed E-state index contributed by atoms with van der Waals surface area (Å²) in [5.41, 5.74) is 0.862. The maximum Gasteiger partial charge on any atom is 0.288 e. The standard InChI is InChI=1S/C15H22ClN3O2/c1-12(11-18-6-2-3-7-18)9-17-10-13-4-5-14(16)15(8-13)19(20)21/h4-5,8,12,17H,2-3,6-7,9-11H2,1H3. The molecule has 0 saturated carbocycles. The van der Waals surface area contributed by atoms with Gasteiger partial charge in [-0.2, -0.15) is 0 Å². The number of nitrogens with zero attached hydrogens (tertiary/aromatic N) is 2. The normalized spacial score (nSPS) is 17.0. The molecule has 0 aliphatic carbocycles. The quantitative estimate of drug-likeness (QED) is 0.621. The Balaban J connectivity index is 1.77. The molecule has 1 aromatic carbocycles. The number of nitrogens with one attached hydrogen (secondary N) is 1. The zero-order valence-electron chi connectivity index (χ0n) is 12.3. The summed E-state index contributed by atoms with van der Waals surface area (Å²) in [5.74, 6) is 0.574. The third kappa shape index (κ3) is 4.95. The molecule has 0 bridgehead atoms. The van der Waals surface area contributed by atoms with E-state index in [1.165, 1.54) is 25.9 Å². The lowest BCUT2D eigenvalue weighted by molar-refractivity contribution is -0.384. The fraction of sp³-hybridized carbons (Fsp3) is 0.600. The second-order valence-corrected chi connectivity index (χ2v) is 6.19. The molecular formula is C15H22ClN3O2. The second-order valence-electron chi connectivity index (χ2n) is 5.79. The molecular weight excluding hydrogens is 290 g/mol. The van der Waals surface area contributed by atoms with Gasteiger partial charge in [-0.15, -0.1) is 0 Å². The molecule has 0 spiro atoms. The van der Waals surface area contributed by atoms with Crippen molar-refractivity contribution in [1.82, 2.24) is 10.2 Å². The first-order valence-corrected chi connectivity index (χ1v) is 7.80. The molecule has 1 saturated heterocycles. The molecule has 0 amide bonds. The Labute approximate surface area is 130 Å². The van der Waals surface area contributed by atoms with Gasteiger partial charge in [-0.1, -0.05) is 24.6 Å². The third-order valence-corrected chi connectivity index (χ3v) is 4.12. The third-order valence-electron chi connectivity index (χ3n) is 3.80. The first kappa shape index (κ1) is 16.2. The summed E-state index contributed by atoms with van der Waals surface area (Å²) >= 11 is 5.80. The van der Waals surface area contributed by atoms with Crippen LogP contribution >= 0.6 is 11.6 Å². The van der Waals surface area contributed by atoms with Gasteiger partial charge in [0.2, 0.25) is 0 Å². The minimum atomic E-state index is -0.443. The predicted molar refractivity (Wildman–Crippen MR) is 84.7 cm³/mol. The van der Waals surface area contributed by atoms with E-state index in [0.717, 1.165) is 18.7 Å². The topological polar surface area (TPSA) is 58.4 Å². The molecule has 6 heteroatoms. The molecule has 5 nitrogen and oxygen atoms in total. The van der Waals surface area contributed by atoms with Crippen LogP contribution in [0.4, 0.5) is 5.69 Å². The van der Waals surface area contributed by atoms with Crippen LogP contribution in [0, 0.1) is 16.0 Å². The van der Waals surface area contributed by atoms with Gasteiger partial charge < -0.3 is 10.2 Å². The van der Waals surface area contributed by atoms with Crippen molar-refractivity contribution in [2.75, 3.05) is 26.2 Å². The van der Waals surface area contributed by atoms with Gasteiger partial charge in [0.25, 0.3) is 5.69 Å². The molecule has 1 atom stereocenters. The fourth-order valence-corrected chi connectivity index (χ4v) is 2.93. The van der Waals surface area contributed by atoms with E-state index in [4.69, 9.17) is 11.6 Å². The maximum absolute atomic E-state index is 10.8. The van der Waals surface area contributed by atoms with Gasteiger partial charge in [0.1, 0.15) is 5.02 Å². The first-order chi connectivity index (χ1) is 10.1. The first-order valence-electron chi connectivity index (χ1n) is 7.42. The average Bonchev–Trinajstić information content (AvgIpc) is 2.93. The number of likely N-dealkylation sites (tertiary alicyclic amines) is 1. The second kappa shape index (κ2) is 7.73. The fourth-order valence-electron chi connectivity index (χ4n) is 2.74. The summed E-state index contributed by atoms with van der Waals surface area (Å²) in [6, 6.07) is 4.96. The highest BCUT2D eigenvalue weighted by Gasteiger charge is 2.15. The van der Waals surface area contributed by atoms with E-state index in [2.05, 4.69) is 17.1 Å².